The molecule has 0 aliphatic heterocycles. The number of amides is 1. The molecule has 0 radical (unpaired) electrons. The molecule has 2 atom stereocenters. The number of unbranched alkanes of at least 4 members (excludes halogenated alkanes) is 11. The van der Waals surface area contributed by atoms with E-state index in [0.717, 1.165) is 38.5 Å². The van der Waals surface area contributed by atoms with E-state index in [1.165, 1.54) is 51.9 Å². The van der Waals surface area contributed by atoms with Crippen molar-refractivity contribution in [2.24, 2.45) is 0 Å². The maximum absolute atomic E-state index is 11.9. The number of hydrogen-bond acceptors (Lipinski definition) is 6. The Bertz CT molecular complexity index is 736. The number of carboxylic acid groups (broad SMARTS) is 1. The molecule has 0 aromatic heterocycles. The summed E-state index contributed by atoms with van der Waals surface area (Å²) in [7, 11) is -4.92. The van der Waals surface area contributed by atoms with Crippen molar-refractivity contribution in [1.29, 1.82) is 0 Å². The fraction of sp³-hybridized carbons (Fsp3) is 0.800. The lowest BCUT2D eigenvalue weighted by Crippen LogP contribution is -2.36. The van der Waals surface area contributed by atoms with Gasteiger partial charge in [0, 0.05) is 6.42 Å². The third-order valence-electron chi connectivity index (χ3n) is 5.57. The van der Waals surface area contributed by atoms with E-state index in [-0.39, 0.29) is 12.5 Å². The zero-order valence-corrected chi connectivity index (χ0v) is 22.2. The van der Waals surface area contributed by atoms with Gasteiger partial charge in [-0.15, -0.1) is 0 Å². The Kier molecular flexibility index (Phi) is 19.1. The Hall–Kier alpha value is -1.94. The topological polar surface area (TPSA) is 147 Å². The summed E-state index contributed by atoms with van der Waals surface area (Å²) >= 11 is 0. The molecule has 9 nitrogen and oxygen atoms in total. The molecule has 204 valence electrons. The van der Waals surface area contributed by atoms with E-state index in [9.17, 15) is 22.8 Å². The minimum absolute atomic E-state index is 0.0270. The summed E-state index contributed by atoms with van der Waals surface area (Å²) in [5.41, 5.74) is 0. The average molecular weight is 520 g/mol. The first-order valence-corrected chi connectivity index (χ1v) is 14.4. The molecular formula is C25H45NO8S. The van der Waals surface area contributed by atoms with Crippen LogP contribution in [0.3, 0.4) is 0 Å². The van der Waals surface area contributed by atoms with Gasteiger partial charge in [0.15, 0.2) is 5.25 Å². The maximum Gasteiger partial charge on any atom is 0.325 e. The van der Waals surface area contributed by atoms with Crippen LogP contribution in [-0.4, -0.2) is 53.8 Å². The van der Waals surface area contributed by atoms with Crippen LogP contribution < -0.4 is 5.32 Å². The predicted molar refractivity (Wildman–Crippen MR) is 136 cm³/mol. The molecule has 10 heteroatoms. The van der Waals surface area contributed by atoms with Crippen molar-refractivity contribution in [3.63, 3.8) is 0 Å². The number of esters is 1. The molecule has 0 saturated carbocycles. The van der Waals surface area contributed by atoms with E-state index in [2.05, 4.69) is 24.4 Å². The molecule has 0 saturated heterocycles. The Labute approximate surface area is 210 Å². The first-order valence-electron chi connectivity index (χ1n) is 12.9. The van der Waals surface area contributed by atoms with Gasteiger partial charge in [0.2, 0.25) is 5.91 Å². The van der Waals surface area contributed by atoms with E-state index in [0.29, 0.717) is 6.42 Å². The second-order valence-corrected chi connectivity index (χ2v) is 10.6. The summed E-state index contributed by atoms with van der Waals surface area (Å²) in [5, 5.41) is 9.15. The van der Waals surface area contributed by atoms with Gasteiger partial charge < -0.3 is 15.2 Å². The lowest BCUT2D eigenvalue weighted by molar-refractivity contribution is -0.151. The van der Waals surface area contributed by atoms with Crippen molar-refractivity contribution in [2.45, 2.75) is 122 Å². The summed E-state index contributed by atoms with van der Waals surface area (Å²) in [6.07, 6.45) is 18.5. The van der Waals surface area contributed by atoms with Crippen LogP contribution in [0.25, 0.3) is 0 Å². The number of allylic oxidation sites excluding steroid dienone is 2. The Balaban J connectivity index is 3.73. The molecule has 35 heavy (non-hydrogen) atoms. The minimum Gasteiger partial charge on any atom is -0.480 e. The van der Waals surface area contributed by atoms with E-state index in [1.54, 1.807) is 0 Å². The summed E-state index contributed by atoms with van der Waals surface area (Å²) < 4.78 is 35.8. The minimum atomic E-state index is -4.92. The van der Waals surface area contributed by atoms with E-state index >= 15 is 0 Å². The fourth-order valence-corrected chi connectivity index (χ4v) is 4.09. The third kappa shape index (κ3) is 20.0. The first-order chi connectivity index (χ1) is 16.6. The Morgan fingerprint density at radius 3 is 1.91 bits per heavy atom. The highest BCUT2D eigenvalue weighted by molar-refractivity contribution is 7.87. The number of aliphatic carboxylic acids is 1. The number of carboxylic acids is 1. The van der Waals surface area contributed by atoms with Gasteiger partial charge in [-0.05, 0) is 39.0 Å². The van der Waals surface area contributed by atoms with E-state index < -0.39 is 39.8 Å². The van der Waals surface area contributed by atoms with Gasteiger partial charge >= 0.3 is 11.9 Å². The largest absolute Gasteiger partial charge is 0.480 e. The zero-order chi connectivity index (χ0) is 26.5. The van der Waals surface area contributed by atoms with Crippen molar-refractivity contribution in [1.82, 2.24) is 5.32 Å². The smallest absolute Gasteiger partial charge is 0.325 e. The molecule has 0 fully saturated rings. The number of carbonyl (C=O) groups is 3. The zero-order valence-electron chi connectivity index (χ0n) is 21.4. The van der Waals surface area contributed by atoms with Gasteiger partial charge in [0.05, 0.1) is 13.0 Å². The molecule has 0 heterocycles. The summed E-state index contributed by atoms with van der Waals surface area (Å²) in [6, 6.07) is 0. The van der Waals surface area contributed by atoms with Gasteiger partial charge in [0.1, 0.15) is 6.10 Å². The van der Waals surface area contributed by atoms with Crippen molar-refractivity contribution < 1.29 is 37.2 Å². The molecule has 0 rings (SSSR count). The normalized spacial score (nSPS) is 13.5. The van der Waals surface area contributed by atoms with Crippen molar-refractivity contribution in [2.75, 3.05) is 6.54 Å². The Morgan fingerprint density at radius 1 is 0.886 bits per heavy atom. The molecule has 0 aliphatic rings. The standard InChI is InChI=1S/C25H45NO8S/c1-3-4-5-6-7-8-9-10-11-12-13-14-15-16-17-18-23(27)26-20-21(2)34-24(28)19-22(25(29)30)35(31,32)33/h10-11,21-22H,3-9,12-20H2,1-2H3,(H,26,27)(H,29,30)(H,31,32,33). The van der Waals surface area contributed by atoms with Crippen LogP contribution in [0.4, 0.5) is 0 Å². The second-order valence-electron chi connectivity index (χ2n) is 8.98. The summed E-state index contributed by atoms with van der Waals surface area (Å²) in [6.45, 7) is 3.75. The lowest BCUT2D eigenvalue weighted by Gasteiger charge is -2.15. The van der Waals surface area contributed by atoms with Gasteiger partial charge in [0.25, 0.3) is 10.1 Å². The predicted octanol–water partition coefficient (Wildman–Crippen LogP) is 4.80. The Morgan fingerprint density at radius 2 is 1.40 bits per heavy atom. The first kappa shape index (κ1) is 33.1. The second kappa shape index (κ2) is 20.3. The van der Waals surface area contributed by atoms with E-state index in [4.69, 9.17) is 14.4 Å². The summed E-state index contributed by atoms with van der Waals surface area (Å²) in [4.78, 5) is 34.5. The van der Waals surface area contributed by atoms with Crippen LogP contribution in [0.15, 0.2) is 12.2 Å². The number of ether oxygens (including phenoxy) is 1. The van der Waals surface area contributed by atoms with Gasteiger partial charge in [-0.3, -0.25) is 18.9 Å². The van der Waals surface area contributed by atoms with Crippen LogP contribution in [0.2, 0.25) is 0 Å². The molecule has 2 unspecified atom stereocenters. The molecule has 0 spiro atoms. The fourth-order valence-electron chi connectivity index (χ4n) is 3.49. The quantitative estimate of drug-likeness (QED) is 0.0799. The molecule has 0 aromatic rings. The number of carbonyl (C=O) groups excluding carboxylic acids is 2. The van der Waals surface area contributed by atoms with Crippen molar-refractivity contribution in [3.05, 3.63) is 12.2 Å². The third-order valence-corrected chi connectivity index (χ3v) is 6.66. The van der Waals surface area contributed by atoms with E-state index in [1.807, 2.05) is 0 Å². The van der Waals surface area contributed by atoms with Crippen LogP contribution in [-0.2, 0) is 29.2 Å². The molecule has 3 N–H and O–H groups in total. The van der Waals surface area contributed by atoms with Crippen LogP contribution in [0.1, 0.15) is 110 Å². The summed E-state index contributed by atoms with van der Waals surface area (Å²) in [5.74, 6) is -3.11. The number of rotatable bonds is 22. The van der Waals surface area contributed by atoms with Crippen LogP contribution in [0, 0.1) is 0 Å². The monoisotopic (exact) mass is 519 g/mol. The SMILES string of the molecule is CCCCCCCCC=CCCCCCCCC(=O)NCC(C)OC(=O)CC(C(=O)O)S(=O)(=O)O. The molecule has 0 aromatic carbocycles. The van der Waals surface area contributed by atoms with Crippen molar-refractivity contribution in [3.8, 4) is 0 Å². The highest BCUT2D eigenvalue weighted by Crippen LogP contribution is 2.10. The molecule has 1 amide bonds. The molecular weight excluding hydrogens is 474 g/mol. The molecule has 0 bridgehead atoms. The maximum atomic E-state index is 11.9. The van der Waals surface area contributed by atoms with Gasteiger partial charge in [-0.25, -0.2) is 0 Å². The highest BCUT2D eigenvalue weighted by atomic mass is 32.2. The van der Waals surface area contributed by atoms with Crippen LogP contribution in [0.5, 0.6) is 0 Å². The van der Waals surface area contributed by atoms with Crippen molar-refractivity contribution >= 4 is 28.0 Å². The lowest BCUT2D eigenvalue weighted by atomic mass is 10.1. The van der Waals surface area contributed by atoms with Crippen LogP contribution >= 0.6 is 0 Å². The number of hydrogen-bond donors (Lipinski definition) is 3. The number of nitrogens with one attached hydrogen (secondary N) is 1. The van der Waals surface area contributed by atoms with Gasteiger partial charge in [-0.2, -0.15) is 8.42 Å². The highest BCUT2D eigenvalue weighted by Gasteiger charge is 2.34. The molecule has 0 aliphatic carbocycles. The van der Waals surface area contributed by atoms with Gasteiger partial charge in [-0.1, -0.05) is 70.4 Å². The average Bonchev–Trinajstić information content (AvgIpc) is 2.77.